The van der Waals surface area contributed by atoms with E-state index < -0.39 is 0 Å². The maximum atomic E-state index is 5.99. The Kier molecular flexibility index (Phi) is 4.56. The number of hydrogen-bond acceptors (Lipinski definition) is 2. The Morgan fingerprint density at radius 2 is 2.06 bits per heavy atom. The zero-order valence-corrected chi connectivity index (χ0v) is 11.2. The minimum atomic E-state index is -0.0105. The molecule has 16 heavy (non-hydrogen) atoms. The van der Waals surface area contributed by atoms with Gasteiger partial charge in [-0.15, -0.1) is 0 Å². The molecule has 1 rings (SSSR count). The molecule has 1 atom stereocenters. The van der Waals surface area contributed by atoms with Gasteiger partial charge in [-0.3, -0.25) is 0 Å². The summed E-state index contributed by atoms with van der Waals surface area (Å²) in [4.78, 5) is 0.468. The van der Waals surface area contributed by atoms with Gasteiger partial charge in [0.25, 0.3) is 0 Å². The highest BCUT2D eigenvalue weighted by molar-refractivity contribution is 7.80. The Morgan fingerprint density at radius 1 is 1.44 bits per heavy atom. The van der Waals surface area contributed by atoms with Gasteiger partial charge in [0.2, 0.25) is 0 Å². The van der Waals surface area contributed by atoms with Gasteiger partial charge in [0.05, 0.1) is 12.1 Å². The first-order valence-electron chi connectivity index (χ1n) is 5.10. The van der Waals surface area contributed by atoms with E-state index in [4.69, 9.17) is 34.3 Å². The zero-order valence-electron chi connectivity index (χ0n) is 9.66. The van der Waals surface area contributed by atoms with E-state index in [2.05, 4.69) is 13.8 Å². The second kappa shape index (κ2) is 5.51. The molecular weight excluding hydrogens is 242 g/mol. The van der Waals surface area contributed by atoms with E-state index in [1.54, 1.807) is 13.2 Å². The summed E-state index contributed by atoms with van der Waals surface area (Å²) in [5.74, 6) is 1.07. The molecule has 1 aromatic carbocycles. The fourth-order valence-electron chi connectivity index (χ4n) is 1.79. The summed E-state index contributed by atoms with van der Waals surface area (Å²) in [7, 11) is 1.63. The average molecular weight is 258 g/mol. The van der Waals surface area contributed by atoms with E-state index in [-0.39, 0.29) is 5.92 Å². The van der Waals surface area contributed by atoms with Crippen molar-refractivity contribution < 1.29 is 4.74 Å². The van der Waals surface area contributed by atoms with Gasteiger partial charge in [-0.25, -0.2) is 0 Å². The lowest BCUT2D eigenvalue weighted by Crippen LogP contribution is -2.24. The number of rotatable bonds is 4. The lowest BCUT2D eigenvalue weighted by Gasteiger charge is -2.22. The molecule has 1 unspecified atom stereocenters. The van der Waals surface area contributed by atoms with E-state index in [1.807, 2.05) is 12.1 Å². The van der Waals surface area contributed by atoms with Gasteiger partial charge in [0, 0.05) is 16.5 Å². The summed E-state index contributed by atoms with van der Waals surface area (Å²) in [5, 5.41) is 0.665. The molecule has 1 aromatic rings. The summed E-state index contributed by atoms with van der Waals surface area (Å²) in [6.07, 6.45) is 0. The molecule has 0 aliphatic rings. The predicted octanol–water partition coefficient (Wildman–Crippen LogP) is 3.37. The minimum Gasteiger partial charge on any atom is -0.496 e. The Balaban J connectivity index is 3.26. The first kappa shape index (κ1) is 13.3. The molecule has 0 spiro atoms. The van der Waals surface area contributed by atoms with Crippen LogP contribution in [0.5, 0.6) is 5.75 Å². The van der Waals surface area contributed by atoms with Crippen molar-refractivity contribution >= 4 is 28.8 Å². The van der Waals surface area contributed by atoms with Crippen LogP contribution in [0.3, 0.4) is 0 Å². The average Bonchev–Trinajstić information content (AvgIpc) is 2.17. The third kappa shape index (κ3) is 2.86. The highest BCUT2D eigenvalue weighted by atomic mass is 35.5. The fourth-order valence-corrected chi connectivity index (χ4v) is 2.37. The summed E-state index contributed by atoms with van der Waals surface area (Å²) in [6, 6.07) is 5.50. The Bertz CT molecular complexity index is 393. The molecule has 0 saturated carbocycles. The van der Waals surface area contributed by atoms with Crippen LogP contribution in [0.2, 0.25) is 5.02 Å². The smallest absolute Gasteiger partial charge is 0.122 e. The lowest BCUT2D eigenvalue weighted by molar-refractivity contribution is 0.404. The number of nitrogens with two attached hydrogens (primary N) is 1. The Labute approximate surface area is 107 Å². The highest BCUT2D eigenvalue weighted by Crippen LogP contribution is 2.34. The molecule has 0 bridgehead atoms. The second-order valence-electron chi connectivity index (χ2n) is 4.01. The third-order valence-electron chi connectivity index (χ3n) is 2.50. The van der Waals surface area contributed by atoms with Gasteiger partial charge in [-0.05, 0) is 24.1 Å². The van der Waals surface area contributed by atoms with Crippen LogP contribution >= 0.6 is 23.8 Å². The normalized spacial score (nSPS) is 12.6. The van der Waals surface area contributed by atoms with Crippen LogP contribution in [0.25, 0.3) is 0 Å². The van der Waals surface area contributed by atoms with Gasteiger partial charge in [-0.2, -0.15) is 0 Å². The standard InChI is InChI=1S/C12H16ClNOS/c1-7(2)11(12(14)16)9-6-8(13)4-5-10(9)15-3/h4-7,11H,1-3H3,(H2,14,16). The number of methoxy groups -OCH3 is 1. The third-order valence-corrected chi connectivity index (χ3v) is 2.99. The number of ether oxygens (including phenoxy) is 1. The first-order chi connectivity index (χ1) is 7.47. The summed E-state index contributed by atoms with van der Waals surface area (Å²) in [5.41, 5.74) is 6.73. The van der Waals surface area contributed by atoms with Gasteiger partial charge < -0.3 is 10.5 Å². The highest BCUT2D eigenvalue weighted by Gasteiger charge is 2.22. The maximum absolute atomic E-state index is 5.99. The van der Waals surface area contributed by atoms with Crippen molar-refractivity contribution in [2.45, 2.75) is 19.8 Å². The number of hydrogen-bond donors (Lipinski definition) is 1. The van der Waals surface area contributed by atoms with Gasteiger partial charge in [0.15, 0.2) is 0 Å². The fraction of sp³-hybridized carbons (Fsp3) is 0.417. The molecule has 0 aromatic heterocycles. The quantitative estimate of drug-likeness (QED) is 0.840. The SMILES string of the molecule is COc1ccc(Cl)cc1C(C(N)=S)C(C)C. The van der Waals surface area contributed by atoms with Crippen molar-refractivity contribution in [1.82, 2.24) is 0 Å². The monoisotopic (exact) mass is 257 g/mol. The van der Waals surface area contributed by atoms with Crippen LogP contribution in [0, 0.1) is 5.92 Å². The molecule has 0 aliphatic carbocycles. The first-order valence-corrected chi connectivity index (χ1v) is 5.88. The van der Waals surface area contributed by atoms with Crippen LogP contribution in [-0.4, -0.2) is 12.1 Å². The van der Waals surface area contributed by atoms with E-state index in [1.165, 1.54) is 0 Å². The predicted molar refractivity (Wildman–Crippen MR) is 72.4 cm³/mol. The van der Waals surface area contributed by atoms with E-state index in [9.17, 15) is 0 Å². The van der Waals surface area contributed by atoms with Crippen LogP contribution in [0.1, 0.15) is 25.3 Å². The molecule has 0 aliphatic heterocycles. The largest absolute Gasteiger partial charge is 0.496 e. The molecular formula is C12H16ClNOS. The molecule has 0 saturated heterocycles. The van der Waals surface area contributed by atoms with Crippen molar-refractivity contribution in [3.63, 3.8) is 0 Å². The molecule has 0 radical (unpaired) electrons. The van der Waals surface area contributed by atoms with Crippen molar-refractivity contribution in [1.29, 1.82) is 0 Å². The molecule has 2 N–H and O–H groups in total. The van der Waals surface area contributed by atoms with Crippen molar-refractivity contribution in [3.8, 4) is 5.75 Å². The van der Waals surface area contributed by atoms with Gasteiger partial charge in [0.1, 0.15) is 5.75 Å². The molecule has 88 valence electrons. The van der Waals surface area contributed by atoms with Gasteiger partial charge >= 0.3 is 0 Å². The molecule has 0 fully saturated rings. The molecule has 0 amide bonds. The lowest BCUT2D eigenvalue weighted by atomic mass is 9.88. The minimum absolute atomic E-state index is 0.0105. The number of thiocarbonyl (C=S) groups is 1. The summed E-state index contributed by atoms with van der Waals surface area (Å²) in [6.45, 7) is 4.15. The summed E-state index contributed by atoms with van der Waals surface area (Å²) >= 11 is 11.1. The number of benzene rings is 1. The van der Waals surface area contributed by atoms with Crippen LogP contribution in [0.4, 0.5) is 0 Å². The second-order valence-corrected chi connectivity index (χ2v) is 4.92. The van der Waals surface area contributed by atoms with E-state index in [0.29, 0.717) is 15.9 Å². The molecule has 0 heterocycles. The van der Waals surface area contributed by atoms with Crippen molar-refractivity contribution in [3.05, 3.63) is 28.8 Å². The van der Waals surface area contributed by atoms with E-state index in [0.717, 1.165) is 11.3 Å². The van der Waals surface area contributed by atoms with Crippen LogP contribution < -0.4 is 10.5 Å². The van der Waals surface area contributed by atoms with Crippen LogP contribution in [-0.2, 0) is 0 Å². The van der Waals surface area contributed by atoms with E-state index >= 15 is 0 Å². The molecule has 4 heteroatoms. The topological polar surface area (TPSA) is 35.2 Å². The zero-order chi connectivity index (χ0) is 12.3. The number of halogens is 1. The van der Waals surface area contributed by atoms with Crippen LogP contribution in [0.15, 0.2) is 18.2 Å². The van der Waals surface area contributed by atoms with Gasteiger partial charge in [-0.1, -0.05) is 37.7 Å². The van der Waals surface area contributed by atoms with Crippen molar-refractivity contribution in [2.75, 3.05) is 7.11 Å². The Hall–Kier alpha value is -0.800. The van der Waals surface area contributed by atoms with Crippen molar-refractivity contribution in [2.24, 2.45) is 11.7 Å². The maximum Gasteiger partial charge on any atom is 0.122 e. The molecule has 2 nitrogen and oxygen atoms in total. The Morgan fingerprint density at radius 3 is 2.50 bits per heavy atom. The summed E-state index contributed by atoms with van der Waals surface area (Å²) < 4.78 is 5.31.